The highest BCUT2D eigenvalue weighted by Gasteiger charge is 2.40. The zero-order valence-electron chi connectivity index (χ0n) is 11.8. The Morgan fingerprint density at radius 2 is 1.89 bits per heavy atom. The van der Waals surface area contributed by atoms with Gasteiger partial charge in [-0.1, -0.05) is 6.92 Å². The van der Waals surface area contributed by atoms with Crippen molar-refractivity contribution in [2.24, 2.45) is 11.8 Å². The molecule has 0 N–H and O–H groups in total. The van der Waals surface area contributed by atoms with E-state index in [-0.39, 0.29) is 11.8 Å². The van der Waals surface area contributed by atoms with Gasteiger partial charge in [0.15, 0.2) is 0 Å². The smallest absolute Gasteiger partial charge is 0.225 e. The van der Waals surface area contributed by atoms with Crippen LogP contribution in [0.4, 0.5) is 0 Å². The van der Waals surface area contributed by atoms with Gasteiger partial charge in [0, 0.05) is 13.0 Å². The summed E-state index contributed by atoms with van der Waals surface area (Å²) in [6.45, 7) is 3.24. The van der Waals surface area contributed by atoms with Gasteiger partial charge in [0.05, 0.1) is 13.7 Å². The van der Waals surface area contributed by atoms with E-state index >= 15 is 0 Å². The third kappa shape index (κ3) is 3.63. The maximum Gasteiger partial charge on any atom is 0.225 e. The van der Waals surface area contributed by atoms with Crippen molar-refractivity contribution in [1.82, 2.24) is 4.90 Å². The van der Waals surface area contributed by atoms with Crippen LogP contribution in [0.2, 0.25) is 0 Å². The van der Waals surface area contributed by atoms with Crippen LogP contribution in [0.3, 0.4) is 0 Å². The third-order valence-electron chi connectivity index (χ3n) is 3.56. The molecular weight excluding hydrogens is 242 g/mol. The van der Waals surface area contributed by atoms with Crippen LogP contribution in [0.15, 0.2) is 24.3 Å². The number of ether oxygens (including phenoxy) is 2. The van der Waals surface area contributed by atoms with Crippen molar-refractivity contribution in [3.63, 3.8) is 0 Å². The van der Waals surface area contributed by atoms with E-state index in [0.29, 0.717) is 19.1 Å². The maximum absolute atomic E-state index is 11.9. The van der Waals surface area contributed by atoms with E-state index in [0.717, 1.165) is 17.9 Å². The number of nitrogens with zero attached hydrogens (tertiary/aromatic N) is 1. The Hall–Kier alpha value is -1.71. The van der Waals surface area contributed by atoms with Gasteiger partial charge >= 0.3 is 0 Å². The minimum Gasteiger partial charge on any atom is -0.497 e. The quantitative estimate of drug-likeness (QED) is 0.789. The summed E-state index contributed by atoms with van der Waals surface area (Å²) >= 11 is 0. The summed E-state index contributed by atoms with van der Waals surface area (Å²) in [4.78, 5) is 13.7. The summed E-state index contributed by atoms with van der Waals surface area (Å²) in [5, 5.41) is 0. The van der Waals surface area contributed by atoms with Crippen LogP contribution in [0.25, 0.3) is 0 Å². The minimum atomic E-state index is 0.242. The normalized spacial score (nSPS) is 20.8. The van der Waals surface area contributed by atoms with Crippen molar-refractivity contribution in [2.75, 3.05) is 27.3 Å². The summed E-state index contributed by atoms with van der Waals surface area (Å²) in [6, 6.07) is 7.44. The highest BCUT2D eigenvalue weighted by atomic mass is 16.5. The van der Waals surface area contributed by atoms with E-state index in [9.17, 15) is 4.79 Å². The number of carbonyl (C=O) groups excluding carboxylic acids is 1. The fraction of sp³-hybridized carbons (Fsp3) is 0.533. The maximum atomic E-state index is 11.9. The molecule has 2 rings (SSSR count). The molecule has 4 heteroatoms. The number of likely N-dealkylation sites (N-methyl/N-ethyl adjacent to an activating group) is 1. The summed E-state index contributed by atoms with van der Waals surface area (Å²) < 4.78 is 10.7. The molecule has 104 valence electrons. The van der Waals surface area contributed by atoms with Crippen molar-refractivity contribution in [3.8, 4) is 11.5 Å². The van der Waals surface area contributed by atoms with E-state index in [4.69, 9.17) is 9.47 Å². The molecule has 1 aliphatic rings. The summed E-state index contributed by atoms with van der Waals surface area (Å²) in [7, 11) is 3.47. The average Bonchev–Trinajstić information content (AvgIpc) is 3.15. The molecule has 1 aromatic rings. The van der Waals surface area contributed by atoms with E-state index in [2.05, 4.69) is 6.92 Å². The number of hydrogen-bond donors (Lipinski definition) is 0. The number of amides is 1. The predicted molar refractivity (Wildman–Crippen MR) is 73.4 cm³/mol. The molecule has 0 unspecified atom stereocenters. The zero-order valence-corrected chi connectivity index (χ0v) is 11.8. The van der Waals surface area contributed by atoms with Gasteiger partial charge in [0.2, 0.25) is 5.91 Å². The third-order valence-corrected chi connectivity index (χ3v) is 3.56. The Bertz CT molecular complexity index is 430. The highest BCUT2D eigenvalue weighted by molar-refractivity contribution is 5.81. The fourth-order valence-corrected chi connectivity index (χ4v) is 2.03. The van der Waals surface area contributed by atoms with Gasteiger partial charge < -0.3 is 14.4 Å². The molecule has 0 spiro atoms. The van der Waals surface area contributed by atoms with E-state index in [1.165, 1.54) is 0 Å². The lowest BCUT2D eigenvalue weighted by molar-refractivity contribution is -0.131. The second kappa shape index (κ2) is 5.95. The Kier molecular flexibility index (Phi) is 4.30. The molecule has 4 nitrogen and oxygen atoms in total. The van der Waals surface area contributed by atoms with Gasteiger partial charge in [-0.2, -0.15) is 0 Å². The average molecular weight is 263 g/mol. The van der Waals surface area contributed by atoms with Crippen LogP contribution in [0.5, 0.6) is 11.5 Å². The Balaban J connectivity index is 1.71. The summed E-state index contributed by atoms with van der Waals surface area (Å²) in [6.07, 6.45) is 1.03. The largest absolute Gasteiger partial charge is 0.497 e. The van der Waals surface area contributed by atoms with Gasteiger partial charge in [-0.15, -0.1) is 0 Å². The lowest BCUT2D eigenvalue weighted by atomic mass is 10.3. The molecule has 1 saturated carbocycles. The zero-order chi connectivity index (χ0) is 13.8. The fourth-order valence-electron chi connectivity index (χ4n) is 2.03. The predicted octanol–water partition coefficient (Wildman–Crippen LogP) is 2.19. The van der Waals surface area contributed by atoms with Gasteiger partial charge in [-0.05, 0) is 36.6 Å². The first-order valence-electron chi connectivity index (χ1n) is 6.63. The van der Waals surface area contributed by atoms with Crippen molar-refractivity contribution < 1.29 is 14.3 Å². The first-order valence-corrected chi connectivity index (χ1v) is 6.63. The number of benzene rings is 1. The van der Waals surface area contributed by atoms with Crippen LogP contribution in [0, 0.1) is 11.8 Å². The molecule has 0 aromatic heterocycles. The van der Waals surface area contributed by atoms with E-state index < -0.39 is 0 Å². The van der Waals surface area contributed by atoms with Crippen LogP contribution < -0.4 is 9.47 Å². The monoisotopic (exact) mass is 263 g/mol. The molecule has 1 aliphatic carbocycles. The highest BCUT2D eigenvalue weighted by Crippen LogP contribution is 2.38. The van der Waals surface area contributed by atoms with Crippen molar-refractivity contribution in [1.29, 1.82) is 0 Å². The Labute approximate surface area is 114 Å². The Morgan fingerprint density at radius 3 is 2.42 bits per heavy atom. The van der Waals surface area contributed by atoms with Crippen molar-refractivity contribution >= 4 is 5.91 Å². The molecule has 1 amide bonds. The second-order valence-electron chi connectivity index (χ2n) is 5.10. The first kappa shape index (κ1) is 13.7. The van der Waals surface area contributed by atoms with Gasteiger partial charge in [0.25, 0.3) is 0 Å². The molecule has 1 aromatic carbocycles. The standard InChI is InChI=1S/C15H21NO3/c1-11-10-14(11)15(17)16(2)8-9-19-13-6-4-12(18-3)5-7-13/h4-7,11,14H,8-10H2,1-3H3/t11-,14-/m0/s1. The van der Waals surface area contributed by atoms with Crippen LogP contribution in [-0.2, 0) is 4.79 Å². The van der Waals surface area contributed by atoms with E-state index in [1.54, 1.807) is 12.0 Å². The van der Waals surface area contributed by atoms with Gasteiger partial charge in [-0.3, -0.25) is 4.79 Å². The Morgan fingerprint density at radius 1 is 1.32 bits per heavy atom. The molecule has 19 heavy (non-hydrogen) atoms. The molecule has 0 radical (unpaired) electrons. The van der Waals surface area contributed by atoms with Gasteiger partial charge in [-0.25, -0.2) is 0 Å². The van der Waals surface area contributed by atoms with Crippen LogP contribution in [0.1, 0.15) is 13.3 Å². The molecule has 1 fully saturated rings. The molecule has 0 bridgehead atoms. The first-order chi connectivity index (χ1) is 9.11. The van der Waals surface area contributed by atoms with E-state index in [1.807, 2.05) is 31.3 Å². The molecule has 0 heterocycles. The topological polar surface area (TPSA) is 38.8 Å². The molecule has 0 aliphatic heterocycles. The van der Waals surface area contributed by atoms with Crippen LogP contribution >= 0.6 is 0 Å². The van der Waals surface area contributed by atoms with Crippen molar-refractivity contribution in [2.45, 2.75) is 13.3 Å². The molecule has 2 atom stereocenters. The summed E-state index contributed by atoms with van der Waals surface area (Å²) in [5.74, 6) is 2.64. The second-order valence-corrected chi connectivity index (χ2v) is 5.10. The molecular formula is C15H21NO3. The summed E-state index contributed by atoms with van der Waals surface area (Å²) in [5.41, 5.74) is 0. The number of rotatable bonds is 6. The number of methoxy groups -OCH3 is 1. The lowest BCUT2D eigenvalue weighted by Gasteiger charge is -2.17. The lowest BCUT2D eigenvalue weighted by Crippen LogP contribution is -2.32. The minimum absolute atomic E-state index is 0.242. The number of hydrogen-bond acceptors (Lipinski definition) is 3. The SMILES string of the molecule is COc1ccc(OCCN(C)C(=O)[C@H]2C[C@@H]2C)cc1. The molecule has 0 saturated heterocycles. The van der Waals surface area contributed by atoms with Crippen LogP contribution in [-0.4, -0.2) is 38.1 Å². The van der Waals surface area contributed by atoms with Crippen molar-refractivity contribution in [3.05, 3.63) is 24.3 Å². The van der Waals surface area contributed by atoms with Gasteiger partial charge in [0.1, 0.15) is 18.1 Å². The number of carbonyl (C=O) groups is 1.